The molecule has 0 fully saturated rings. The van der Waals surface area contributed by atoms with Crippen LogP contribution in [0.3, 0.4) is 0 Å². The number of nitrogens with one attached hydrogen (secondary N) is 1. The first-order valence-electron chi connectivity index (χ1n) is 9.47. The van der Waals surface area contributed by atoms with Crippen molar-refractivity contribution < 1.29 is 4.79 Å². The molecule has 0 atom stereocenters. The van der Waals surface area contributed by atoms with E-state index in [0.29, 0.717) is 5.16 Å². The van der Waals surface area contributed by atoms with Crippen LogP contribution in [0.25, 0.3) is 5.69 Å². The molecule has 0 aliphatic carbocycles. The average Bonchev–Trinajstić information content (AvgIpc) is 2.95. The van der Waals surface area contributed by atoms with Crippen LogP contribution >= 0.6 is 23.4 Å². The third-order valence-corrected chi connectivity index (χ3v) is 5.89. The molecule has 1 N–H and O–H groups in total. The van der Waals surface area contributed by atoms with Gasteiger partial charge in [-0.1, -0.05) is 29.4 Å². The summed E-state index contributed by atoms with van der Waals surface area (Å²) in [4.78, 5) is 20.8. The number of benzene rings is 1. The normalized spacial score (nSPS) is 11.3. The van der Waals surface area contributed by atoms with Gasteiger partial charge >= 0.3 is 0 Å². The van der Waals surface area contributed by atoms with Crippen molar-refractivity contribution in [1.82, 2.24) is 20.0 Å². The minimum Gasteiger partial charge on any atom is -0.318 e. The highest BCUT2D eigenvalue weighted by Crippen LogP contribution is 2.26. The van der Waals surface area contributed by atoms with Gasteiger partial charge in [-0.2, -0.15) is 5.10 Å². The van der Waals surface area contributed by atoms with Crippen LogP contribution in [0.1, 0.15) is 33.9 Å². The van der Waals surface area contributed by atoms with E-state index in [1.807, 2.05) is 65.0 Å². The Bertz CT molecular complexity index is 1100. The fraction of sp³-hybridized carbons (Fsp3) is 0.273. The van der Waals surface area contributed by atoms with Gasteiger partial charge in [-0.15, -0.1) is 0 Å². The van der Waals surface area contributed by atoms with E-state index in [-0.39, 0.29) is 11.7 Å². The van der Waals surface area contributed by atoms with Gasteiger partial charge in [0.2, 0.25) is 0 Å². The molecule has 3 rings (SSSR count). The number of aryl methyl sites for hydroxylation is 3. The van der Waals surface area contributed by atoms with Gasteiger partial charge in [0.25, 0.3) is 5.91 Å². The zero-order valence-electron chi connectivity index (χ0n) is 17.7. The number of aromatic nitrogens is 3. The molecule has 8 heteroatoms. The van der Waals surface area contributed by atoms with E-state index in [4.69, 9.17) is 11.6 Å². The molecule has 0 radical (unpaired) electrons. The van der Waals surface area contributed by atoms with Gasteiger partial charge in [-0.05, 0) is 64.4 Å². The maximum atomic E-state index is 12.1. The van der Waals surface area contributed by atoms with E-state index >= 15 is 0 Å². The van der Waals surface area contributed by atoms with Gasteiger partial charge < -0.3 is 4.57 Å². The first-order valence-corrected chi connectivity index (χ1v) is 10.8. The lowest BCUT2D eigenvalue weighted by atomic mass is 10.2. The first kappa shape index (κ1) is 22.1. The fourth-order valence-corrected chi connectivity index (χ4v) is 4.13. The number of carbonyl (C=O) groups is 1. The molecule has 0 bridgehead atoms. The second kappa shape index (κ2) is 9.45. The van der Waals surface area contributed by atoms with Crippen LogP contribution in [0, 0.1) is 34.6 Å². The largest absolute Gasteiger partial charge is 0.318 e. The number of hydrogen-bond donors (Lipinski definition) is 1. The van der Waals surface area contributed by atoms with E-state index in [1.165, 1.54) is 11.8 Å². The third kappa shape index (κ3) is 5.09. The van der Waals surface area contributed by atoms with Crippen molar-refractivity contribution in [3.8, 4) is 5.69 Å². The van der Waals surface area contributed by atoms with Crippen molar-refractivity contribution in [3.05, 3.63) is 69.3 Å². The zero-order valence-corrected chi connectivity index (χ0v) is 19.2. The average molecular weight is 442 g/mol. The third-order valence-electron chi connectivity index (χ3n) is 4.64. The van der Waals surface area contributed by atoms with E-state index in [1.54, 1.807) is 6.21 Å². The topological polar surface area (TPSA) is 72.2 Å². The Balaban J connectivity index is 1.66. The fourth-order valence-electron chi connectivity index (χ4n) is 3.22. The number of rotatable bonds is 6. The summed E-state index contributed by atoms with van der Waals surface area (Å²) in [7, 11) is 0. The molecule has 0 spiro atoms. The van der Waals surface area contributed by atoms with Crippen molar-refractivity contribution >= 4 is 35.5 Å². The monoisotopic (exact) mass is 441 g/mol. The lowest BCUT2D eigenvalue weighted by molar-refractivity contribution is -0.118. The summed E-state index contributed by atoms with van der Waals surface area (Å²) in [6, 6.07) is 9.79. The highest BCUT2D eigenvalue weighted by atomic mass is 35.5. The van der Waals surface area contributed by atoms with Gasteiger partial charge in [0.15, 0.2) is 5.16 Å². The van der Waals surface area contributed by atoms with Crippen LogP contribution in [0.4, 0.5) is 0 Å². The predicted molar refractivity (Wildman–Crippen MR) is 123 cm³/mol. The molecule has 0 saturated carbocycles. The molecule has 3 aromatic rings. The number of amides is 1. The van der Waals surface area contributed by atoms with Gasteiger partial charge in [0.05, 0.1) is 12.0 Å². The molecule has 30 heavy (non-hydrogen) atoms. The zero-order chi connectivity index (χ0) is 21.8. The first-order chi connectivity index (χ1) is 14.3. The van der Waals surface area contributed by atoms with Crippen LogP contribution < -0.4 is 5.43 Å². The summed E-state index contributed by atoms with van der Waals surface area (Å²) >= 11 is 7.58. The summed E-state index contributed by atoms with van der Waals surface area (Å²) in [6.45, 7) is 9.87. The molecule has 2 heterocycles. The van der Waals surface area contributed by atoms with Crippen molar-refractivity contribution in [2.45, 2.75) is 39.8 Å². The second-order valence-electron chi connectivity index (χ2n) is 7.06. The Hall–Kier alpha value is -2.64. The van der Waals surface area contributed by atoms with Crippen LogP contribution in [0.5, 0.6) is 0 Å². The Morgan fingerprint density at radius 3 is 2.57 bits per heavy atom. The molecule has 0 aliphatic heterocycles. The van der Waals surface area contributed by atoms with Crippen molar-refractivity contribution in [2.24, 2.45) is 5.10 Å². The smallest absolute Gasteiger partial charge is 0.250 e. The summed E-state index contributed by atoms with van der Waals surface area (Å²) in [6.07, 6.45) is 1.66. The molecule has 0 unspecified atom stereocenters. The summed E-state index contributed by atoms with van der Waals surface area (Å²) in [5.41, 5.74) is 9.40. The molecule has 6 nitrogen and oxygen atoms in total. The molecule has 1 aromatic carbocycles. The minimum absolute atomic E-state index is 0.195. The second-order valence-corrected chi connectivity index (χ2v) is 8.41. The molecular weight excluding hydrogens is 418 g/mol. The number of hydrazone groups is 1. The van der Waals surface area contributed by atoms with Gasteiger partial charge in [0.1, 0.15) is 0 Å². The molecule has 2 aromatic heterocycles. The van der Waals surface area contributed by atoms with E-state index in [2.05, 4.69) is 25.1 Å². The maximum Gasteiger partial charge on any atom is 0.250 e. The number of nitrogens with zero attached hydrogens (tertiary/aromatic N) is 4. The van der Waals surface area contributed by atoms with Crippen molar-refractivity contribution in [2.75, 3.05) is 5.75 Å². The molecular formula is C22H24ClN5OS. The van der Waals surface area contributed by atoms with E-state index in [0.717, 1.165) is 44.6 Å². The number of carbonyl (C=O) groups excluding carboxylic acids is 1. The van der Waals surface area contributed by atoms with Gasteiger partial charge in [0, 0.05) is 39.0 Å². The lowest BCUT2D eigenvalue weighted by Crippen LogP contribution is -2.19. The number of thioether (sulfide) groups is 1. The Morgan fingerprint density at radius 1 is 1.17 bits per heavy atom. The standard InChI is InChI=1S/C22H24ClN5OS/c1-13-9-14(2)26-22(25-13)30-12-21(29)27-24-11-18-10-15(3)28(17(18)5)20-8-6-7-19(23)16(20)4/h6-11H,12H2,1-5H3,(H,27,29)/b24-11-. The van der Waals surface area contributed by atoms with Gasteiger partial charge in [-0.25, -0.2) is 15.4 Å². The molecule has 1 amide bonds. The van der Waals surface area contributed by atoms with Gasteiger partial charge in [-0.3, -0.25) is 4.79 Å². The highest BCUT2D eigenvalue weighted by Gasteiger charge is 2.12. The predicted octanol–water partition coefficient (Wildman–Crippen LogP) is 4.71. The molecule has 156 valence electrons. The summed E-state index contributed by atoms with van der Waals surface area (Å²) < 4.78 is 2.14. The van der Waals surface area contributed by atoms with Crippen molar-refractivity contribution in [3.63, 3.8) is 0 Å². The summed E-state index contributed by atoms with van der Waals surface area (Å²) in [5, 5.41) is 5.44. The van der Waals surface area contributed by atoms with E-state index < -0.39 is 0 Å². The van der Waals surface area contributed by atoms with Crippen LogP contribution in [-0.4, -0.2) is 32.4 Å². The highest BCUT2D eigenvalue weighted by molar-refractivity contribution is 7.99. The number of halogens is 1. The van der Waals surface area contributed by atoms with Crippen LogP contribution in [-0.2, 0) is 4.79 Å². The van der Waals surface area contributed by atoms with E-state index in [9.17, 15) is 4.79 Å². The lowest BCUT2D eigenvalue weighted by Gasteiger charge is -2.13. The maximum absolute atomic E-state index is 12.1. The molecule has 0 aliphatic rings. The number of hydrogen-bond acceptors (Lipinski definition) is 5. The summed E-state index contributed by atoms with van der Waals surface area (Å²) in [5.74, 6) is -0.0143. The van der Waals surface area contributed by atoms with Crippen molar-refractivity contribution in [1.29, 1.82) is 0 Å². The Kier molecular flexibility index (Phi) is 6.95. The minimum atomic E-state index is -0.210. The SMILES string of the molecule is Cc1cc(C)nc(SCC(=O)N/N=C\c2cc(C)n(-c3cccc(Cl)c3C)c2C)n1. The quantitative estimate of drug-likeness (QED) is 0.260. The van der Waals surface area contributed by atoms with Crippen LogP contribution in [0.15, 0.2) is 40.6 Å². The Morgan fingerprint density at radius 2 is 1.87 bits per heavy atom. The molecule has 0 saturated heterocycles. The Labute approximate surface area is 185 Å². The van der Waals surface area contributed by atoms with Crippen LogP contribution in [0.2, 0.25) is 5.02 Å².